The monoisotopic (exact) mass is 275 g/mol. The van der Waals surface area contributed by atoms with E-state index in [9.17, 15) is 9.90 Å². The molecule has 0 aromatic carbocycles. The minimum atomic E-state index is -0.105. The lowest BCUT2D eigenvalue weighted by atomic mass is 9.98. The maximum atomic E-state index is 12.7. The maximum Gasteiger partial charge on any atom is 0.250 e. The Balaban J connectivity index is 1.84. The Hall–Kier alpha value is -1.62. The normalized spacial score (nSPS) is 22.9. The average molecular weight is 275 g/mol. The van der Waals surface area contributed by atoms with Crippen LogP contribution in [0, 0.1) is 0 Å². The summed E-state index contributed by atoms with van der Waals surface area (Å²) in [6.45, 7) is 1.32. The average Bonchev–Trinajstić information content (AvgIpc) is 2.87. The standard InChI is InChI=1S/C15H21N3O2/c19-11-14-7-9-18-13(6-8-16-18)10-17(14)15(20)12-4-2-1-3-5-12/h4,6,8,14,19H,1-3,5,7,9-11H2/t14-/m1/s1. The highest BCUT2D eigenvalue weighted by molar-refractivity contribution is 5.93. The van der Waals surface area contributed by atoms with Gasteiger partial charge in [0, 0.05) is 18.3 Å². The van der Waals surface area contributed by atoms with Gasteiger partial charge in [0.15, 0.2) is 0 Å². The highest BCUT2D eigenvalue weighted by atomic mass is 16.3. The van der Waals surface area contributed by atoms with Crippen molar-refractivity contribution in [2.45, 2.75) is 51.2 Å². The molecule has 1 atom stereocenters. The van der Waals surface area contributed by atoms with Crippen LogP contribution in [0.25, 0.3) is 0 Å². The molecular weight excluding hydrogens is 254 g/mol. The van der Waals surface area contributed by atoms with E-state index in [0.29, 0.717) is 6.54 Å². The molecule has 1 aromatic rings. The van der Waals surface area contributed by atoms with Crippen LogP contribution in [0.4, 0.5) is 0 Å². The zero-order valence-corrected chi connectivity index (χ0v) is 11.7. The van der Waals surface area contributed by atoms with Gasteiger partial charge in [-0.05, 0) is 38.2 Å². The molecule has 5 nitrogen and oxygen atoms in total. The number of aromatic nitrogens is 2. The van der Waals surface area contributed by atoms with Gasteiger partial charge in [-0.2, -0.15) is 5.10 Å². The van der Waals surface area contributed by atoms with Gasteiger partial charge in [-0.1, -0.05) is 6.08 Å². The molecule has 1 aromatic heterocycles. The molecule has 3 rings (SSSR count). The Morgan fingerprint density at radius 3 is 3.10 bits per heavy atom. The predicted molar refractivity (Wildman–Crippen MR) is 74.8 cm³/mol. The summed E-state index contributed by atoms with van der Waals surface area (Å²) in [6, 6.07) is 1.85. The van der Waals surface area contributed by atoms with Crippen LogP contribution in [0.1, 0.15) is 37.8 Å². The summed E-state index contributed by atoms with van der Waals surface area (Å²) in [5.41, 5.74) is 1.97. The van der Waals surface area contributed by atoms with Crippen molar-refractivity contribution in [2.24, 2.45) is 0 Å². The van der Waals surface area contributed by atoms with Crippen molar-refractivity contribution in [1.29, 1.82) is 0 Å². The second-order valence-corrected chi connectivity index (χ2v) is 5.58. The van der Waals surface area contributed by atoms with Crippen LogP contribution in [-0.2, 0) is 17.9 Å². The SMILES string of the molecule is O=C(C1=CCCCC1)N1Cc2ccnn2CC[C@@H]1CO. The van der Waals surface area contributed by atoms with Crippen LogP contribution >= 0.6 is 0 Å². The van der Waals surface area contributed by atoms with E-state index in [1.165, 1.54) is 6.42 Å². The van der Waals surface area contributed by atoms with Gasteiger partial charge in [-0.15, -0.1) is 0 Å². The molecular formula is C15H21N3O2. The molecule has 0 bridgehead atoms. The molecule has 108 valence electrons. The number of aryl methyl sites for hydroxylation is 1. The predicted octanol–water partition coefficient (Wildman–Crippen LogP) is 1.48. The third-order valence-electron chi connectivity index (χ3n) is 4.29. The van der Waals surface area contributed by atoms with Crippen molar-refractivity contribution in [3.05, 3.63) is 29.6 Å². The molecule has 1 amide bonds. The first-order valence-corrected chi connectivity index (χ1v) is 7.41. The van der Waals surface area contributed by atoms with E-state index in [2.05, 4.69) is 11.2 Å². The molecule has 5 heteroatoms. The van der Waals surface area contributed by atoms with Crippen molar-refractivity contribution in [2.75, 3.05) is 6.61 Å². The first-order valence-electron chi connectivity index (χ1n) is 7.41. The van der Waals surface area contributed by atoms with Crippen LogP contribution in [-0.4, -0.2) is 38.3 Å². The van der Waals surface area contributed by atoms with E-state index in [1.54, 1.807) is 6.20 Å². The molecule has 0 fully saturated rings. The van der Waals surface area contributed by atoms with Crippen LogP contribution < -0.4 is 0 Å². The van der Waals surface area contributed by atoms with Crippen molar-refractivity contribution in [3.63, 3.8) is 0 Å². The van der Waals surface area contributed by atoms with Crippen molar-refractivity contribution in [3.8, 4) is 0 Å². The number of aliphatic hydroxyl groups is 1. The zero-order valence-electron chi connectivity index (χ0n) is 11.7. The number of hydrogen-bond acceptors (Lipinski definition) is 3. The van der Waals surface area contributed by atoms with Crippen LogP contribution in [0.3, 0.4) is 0 Å². The molecule has 2 heterocycles. The smallest absolute Gasteiger partial charge is 0.250 e. The van der Waals surface area contributed by atoms with Gasteiger partial charge in [0.1, 0.15) is 0 Å². The van der Waals surface area contributed by atoms with Gasteiger partial charge in [0.25, 0.3) is 0 Å². The summed E-state index contributed by atoms with van der Waals surface area (Å²) in [7, 11) is 0. The van der Waals surface area contributed by atoms with Gasteiger partial charge in [0.2, 0.25) is 5.91 Å². The molecule has 0 saturated carbocycles. The molecule has 0 unspecified atom stereocenters. The Kier molecular flexibility index (Phi) is 3.87. The summed E-state index contributed by atoms with van der Waals surface area (Å²) in [4.78, 5) is 14.6. The zero-order chi connectivity index (χ0) is 13.9. The van der Waals surface area contributed by atoms with E-state index < -0.39 is 0 Å². The van der Waals surface area contributed by atoms with Crippen LogP contribution in [0.15, 0.2) is 23.9 Å². The van der Waals surface area contributed by atoms with Crippen molar-refractivity contribution in [1.82, 2.24) is 14.7 Å². The summed E-state index contributed by atoms with van der Waals surface area (Å²) in [5, 5.41) is 13.9. The van der Waals surface area contributed by atoms with Gasteiger partial charge < -0.3 is 10.0 Å². The molecule has 0 radical (unpaired) electrons. The number of carbonyl (C=O) groups excluding carboxylic acids is 1. The Labute approximate surface area is 118 Å². The molecule has 1 N–H and O–H groups in total. The van der Waals surface area contributed by atoms with E-state index in [1.807, 2.05) is 15.6 Å². The van der Waals surface area contributed by atoms with Crippen molar-refractivity contribution >= 4 is 5.91 Å². The summed E-state index contributed by atoms with van der Waals surface area (Å²) in [5.74, 6) is 0.0957. The van der Waals surface area contributed by atoms with Crippen LogP contribution in [0.2, 0.25) is 0 Å². The van der Waals surface area contributed by atoms with Crippen molar-refractivity contribution < 1.29 is 9.90 Å². The number of hydrogen-bond donors (Lipinski definition) is 1. The topological polar surface area (TPSA) is 58.4 Å². The van der Waals surface area contributed by atoms with E-state index in [0.717, 1.165) is 43.5 Å². The molecule has 1 aliphatic carbocycles. The number of carbonyl (C=O) groups is 1. The number of amides is 1. The number of allylic oxidation sites excluding steroid dienone is 1. The molecule has 1 aliphatic heterocycles. The number of fused-ring (bicyclic) bond motifs is 1. The summed E-state index contributed by atoms with van der Waals surface area (Å²) < 4.78 is 1.94. The molecule has 0 spiro atoms. The Bertz CT molecular complexity index is 521. The van der Waals surface area contributed by atoms with Crippen LogP contribution in [0.5, 0.6) is 0 Å². The quantitative estimate of drug-likeness (QED) is 0.889. The first kappa shape index (κ1) is 13.4. The minimum absolute atomic E-state index is 0.0177. The second-order valence-electron chi connectivity index (χ2n) is 5.58. The summed E-state index contributed by atoms with van der Waals surface area (Å²) >= 11 is 0. The van der Waals surface area contributed by atoms with Gasteiger partial charge in [0.05, 0.1) is 24.9 Å². The minimum Gasteiger partial charge on any atom is -0.394 e. The van der Waals surface area contributed by atoms with Gasteiger partial charge >= 0.3 is 0 Å². The maximum absolute atomic E-state index is 12.7. The lowest BCUT2D eigenvalue weighted by molar-refractivity contribution is -0.131. The lowest BCUT2D eigenvalue weighted by Gasteiger charge is -2.30. The highest BCUT2D eigenvalue weighted by Crippen LogP contribution is 2.24. The lowest BCUT2D eigenvalue weighted by Crippen LogP contribution is -2.42. The number of nitrogens with zero attached hydrogens (tertiary/aromatic N) is 3. The van der Waals surface area contributed by atoms with E-state index in [4.69, 9.17) is 0 Å². The fourth-order valence-corrected chi connectivity index (χ4v) is 3.07. The first-order chi connectivity index (χ1) is 9.79. The third kappa shape index (κ3) is 2.50. The number of aliphatic hydroxyl groups excluding tert-OH is 1. The Morgan fingerprint density at radius 1 is 1.45 bits per heavy atom. The second kappa shape index (κ2) is 5.79. The molecule has 20 heavy (non-hydrogen) atoms. The third-order valence-corrected chi connectivity index (χ3v) is 4.29. The largest absolute Gasteiger partial charge is 0.394 e. The molecule has 0 saturated heterocycles. The fraction of sp³-hybridized carbons (Fsp3) is 0.600. The fourth-order valence-electron chi connectivity index (χ4n) is 3.07. The Morgan fingerprint density at radius 2 is 2.35 bits per heavy atom. The molecule has 2 aliphatic rings. The van der Waals surface area contributed by atoms with Gasteiger partial charge in [-0.3, -0.25) is 9.48 Å². The summed E-state index contributed by atoms with van der Waals surface area (Å²) in [6.07, 6.45) is 8.73. The van der Waals surface area contributed by atoms with Gasteiger partial charge in [-0.25, -0.2) is 0 Å². The van der Waals surface area contributed by atoms with E-state index >= 15 is 0 Å². The highest BCUT2D eigenvalue weighted by Gasteiger charge is 2.29. The number of rotatable bonds is 2. The van der Waals surface area contributed by atoms with E-state index in [-0.39, 0.29) is 18.6 Å².